The molecule has 12 atom stereocenters. The Morgan fingerprint density at radius 2 is 0.758 bits per heavy atom. The molecule has 0 aliphatic carbocycles. The average Bonchev–Trinajstić information content (AvgIpc) is 0.888. The van der Waals surface area contributed by atoms with E-state index in [1.807, 2.05) is 0 Å². The Kier molecular flexibility index (Phi) is 56.3. The van der Waals surface area contributed by atoms with Crippen LogP contribution in [0.3, 0.4) is 0 Å². The highest BCUT2D eigenvalue weighted by atomic mass is 16.7. The maximum atomic E-state index is 13.4. The summed E-state index contributed by atoms with van der Waals surface area (Å²) in [4.78, 5) is 13.4. The van der Waals surface area contributed by atoms with Crippen molar-refractivity contribution >= 4 is 5.91 Å². The predicted octanol–water partition coefficient (Wildman–Crippen LogP) is 16.0. The Morgan fingerprint density at radius 1 is 0.407 bits per heavy atom. The lowest BCUT2D eigenvalue weighted by atomic mass is 9.97. The maximum absolute atomic E-state index is 13.4. The zero-order valence-electron chi connectivity index (χ0n) is 57.6. The molecule has 9 N–H and O–H groups in total. The van der Waals surface area contributed by atoms with Gasteiger partial charge in [0.15, 0.2) is 12.6 Å². The smallest absolute Gasteiger partial charge is 0.220 e. The fourth-order valence-electron chi connectivity index (χ4n) is 12.0. The molecule has 0 bridgehead atoms. The predicted molar refractivity (Wildman–Crippen MR) is 373 cm³/mol. The van der Waals surface area contributed by atoms with Gasteiger partial charge >= 0.3 is 0 Å². The van der Waals surface area contributed by atoms with Crippen molar-refractivity contribution in [2.24, 2.45) is 0 Å². The second-order valence-electron chi connectivity index (χ2n) is 26.0. The highest BCUT2D eigenvalue weighted by Gasteiger charge is 2.51. The lowest BCUT2D eigenvalue weighted by Crippen LogP contribution is -2.65. The summed E-state index contributed by atoms with van der Waals surface area (Å²) in [6.45, 7) is 2.78. The van der Waals surface area contributed by atoms with E-state index in [1.165, 1.54) is 173 Å². The minimum Gasteiger partial charge on any atom is -0.394 e. The van der Waals surface area contributed by atoms with E-state index in [9.17, 15) is 45.6 Å². The molecule has 91 heavy (non-hydrogen) atoms. The number of rotatable bonds is 61. The van der Waals surface area contributed by atoms with E-state index < -0.39 is 86.8 Å². The summed E-state index contributed by atoms with van der Waals surface area (Å²) in [6.07, 6.45) is 67.4. The number of ether oxygens (including phenoxy) is 4. The maximum Gasteiger partial charge on any atom is 0.220 e. The topological polar surface area (TPSA) is 228 Å². The van der Waals surface area contributed by atoms with Gasteiger partial charge in [-0.25, -0.2) is 0 Å². The van der Waals surface area contributed by atoms with E-state index in [1.54, 1.807) is 0 Å². The van der Waals surface area contributed by atoms with Gasteiger partial charge in [-0.15, -0.1) is 0 Å². The molecule has 0 radical (unpaired) electrons. The molecule has 0 spiro atoms. The summed E-state index contributed by atoms with van der Waals surface area (Å²) < 4.78 is 22.9. The number of hydrogen-bond donors (Lipinski definition) is 9. The van der Waals surface area contributed by atoms with Gasteiger partial charge in [0.1, 0.15) is 48.8 Å². The van der Waals surface area contributed by atoms with Crippen LogP contribution in [-0.2, 0) is 23.7 Å². The van der Waals surface area contributed by atoms with Gasteiger partial charge in [-0.2, -0.15) is 0 Å². The SMILES string of the molecule is CC/C=C\C/C=C\C/C=C\C/C=C\C/C=C\C/C=C\C/C=C\CCCCCCCCCCCCCCCC(=O)NC(COC1OC(CO)C(OC2OC(CO)C(O)C(O)C2O)C(O)C1O)C(O)CCCCCCCCCCCCCCCCCCCCCCCC. The van der Waals surface area contributed by atoms with Gasteiger partial charge in [-0.3, -0.25) is 4.79 Å². The summed E-state index contributed by atoms with van der Waals surface area (Å²) in [6, 6.07) is -0.835. The van der Waals surface area contributed by atoms with Gasteiger partial charge < -0.3 is 65.1 Å². The first kappa shape index (κ1) is 84.3. The fourth-order valence-corrected chi connectivity index (χ4v) is 12.0. The van der Waals surface area contributed by atoms with E-state index in [0.717, 1.165) is 103 Å². The van der Waals surface area contributed by atoms with Crippen molar-refractivity contribution in [3.05, 3.63) is 85.1 Å². The normalized spacial score (nSPS) is 23.3. The molecule has 0 aromatic rings. The second kappa shape index (κ2) is 60.8. The number of carbonyl (C=O) groups is 1. The number of aliphatic hydroxyl groups excluding tert-OH is 8. The molecule has 0 aromatic heterocycles. The number of aliphatic hydroxyl groups is 8. The molecule has 2 rings (SSSR count). The third-order valence-electron chi connectivity index (χ3n) is 17.9. The Morgan fingerprint density at radius 3 is 1.16 bits per heavy atom. The molecular formula is C77H137NO13. The van der Waals surface area contributed by atoms with Gasteiger partial charge in [-0.1, -0.05) is 311 Å². The largest absolute Gasteiger partial charge is 0.394 e. The molecule has 2 saturated heterocycles. The Bertz CT molecular complexity index is 1850. The van der Waals surface area contributed by atoms with E-state index in [0.29, 0.717) is 12.8 Å². The fraction of sp³-hybridized carbons (Fsp3) is 0.805. The van der Waals surface area contributed by atoms with E-state index in [4.69, 9.17) is 18.9 Å². The van der Waals surface area contributed by atoms with Crippen LogP contribution in [0.2, 0.25) is 0 Å². The zero-order valence-corrected chi connectivity index (χ0v) is 57.6. The lowest BCUT2D eigenvalue weighted by Gasteiger charge is -2.46. The quantitative estimate of drug-likeness (QED) is 0.0204. The summed E-state index contributed by atoms with van der Waals surface area (Å²) >= 11 is 0. The second-order valence-corrected chi connectivity index (χ2v) is 26.0. The van der Waals surface area contributed by atoms with Gasteiger partial charge in [0, 0.05) is 6.42 Å². The lowest BCUT2D eigenvalue weighted by molar-refractivity contribution is -0.359. The van der Waals surface area contributed by atoms with Gasteiger partial charge in [0.2, 0.25) is 5.91 Å². The van der Waals surface area contributed by atoms with E-state index in [-0.39, 0.29) is 12.5 Å². The van der Waals surface area contributed by atoms with Crippen molar-refractivity contribution in [3.63, 3.8) is 0 Å². The first-order valence-electron chi connectivity index (χ1n) is 37.3. The van der Waals surface area contributed by atoms with Crippen LogP contribution in [0, 0.1) is 0 Å². The Balaban J connectivity index is 1.63. The molecule has 2 fully saturated rings. The summed E-state index contributed by atoms with van der Waals surface area (Å²) in [5, 5.41) is 87.7. The average molecular weight is 1280 g/mol. The zero-order chi connectivity index (χ0) is 65.9. The van der Waals surface area contributed by atoms with Crippen molar-refractivity contribution in [2.45, 2.75) is 376 Å². The van der Waals surface area contributed by atoms with Crippen LogP contribution >= 0.6 is 0 Å². The highest BCUT2D eigenvalue weighted by Crippen LogP contribution is 2.30. The number of unbranched alkanes of at least 4 members (excludes halogenated alkanes) is 34. The van der Waals surface area contributed by atoms with Crippen LogP contribution in [0.15, 0.2) is 85.1 Å². The van der Waals surface area contributed by atoms with Crippen LogP contribution < -0.4 is 5.32 Å². The third kappa shape index (κ3) is 44.5. The molecule has 2 aliphatic heterocycles. The van der Waals surface area contributed by atoms with Crippen molar-refractivity contribution in [1.29, 1.82) is 0 Å². The van der Waals surface area contributed by atoms with Crippen molar-refractivity contribution < 1.29 is 64.6 Å². The van der Waals surface area contributed by atoms with Gasteiger partial charge in [0.05, 0.1) is 32.0 Å². The minimum atomic E-state index is -1.79. The summed E-state index contributed by atoms with van der Waals surface area (Å²) in [5.41, 5.74) is 0. The first-order chi connectivity index (χ1) is 44.6. The van der Waals surface area contributed by atoms with E-state index in [2.05, 4.69) is 104 Å². The molecule has 2 heterocycles. The highest BCUT2D eigenvalue weighted by molar-refractivity contribution is 5.76. The molecular weight excluding hydrogens is 1150 g/mol. The van der Waals surface area contributed by atoms with Crippen LogP contribution in [0.25, 0.3) is 0 Å². The number of carbonyl (C=O) groups excluding carboxylic acids is 1. The van der Waals surface area contributed by atoms with Crippen LogP contribution in [0.5, 0.6) is 0 Å². The van der Waals surface area contributed by atoms with Gasteiger partial charge in [-0.05, 0) is 70.6 Å². The monoisotopic (exact) mass is 1280 g/mol. The molecule has 0 aromatic carbocycles. The molecule has 2 aliphatic rings. The number of nitrogens with one attached hydrogen (secondary N) is 1. The Labute approximate surface area is 554 Å². The minimum absolute atomic E-state index is 0.207. The third-order valence-corrected chi connectivity index (χ3v) is 17.9. The first-order valence-corrected chi connectivity index (χ1v) is 37.3. The molecule has 12 unspecified atom stereocenters. The van der Waals surface area contributed by atoms with E-state index >= 15 is 0 Å². The standard InChI is InChI=1S/C77H137NO13/c1-3-5-7-9-11-13-15-17-19-21-23-25-27-28-29-30-31-32-33-34-35-36-37-38-39-41-43-45-47-49-51-53-55-57-59-61-69(82)78-65(64-88-76-74(87)72(85)75(68(63-80)90-76)91-77-73(86)71(84)70(83)67(62-79)89-77)66(81)60-58-56-54-52-50-48-46-44-42-40-26-24-22-20-18-16-14-12-10-8-6-4-2/h5,7,11,13,17,19,23,25,28-29,31-32,34-35,65-68,70-77,79-81,83-87H,3-4,6,8-10,12,14-16,18,20-22,24,26-27,30,33,36-64H2,1-2H3,(H,78,82)/b7-5-,13-11-,19-17-,25-23-,29-28-,32-31-,35-34-. The Hall–Kier alpha value is -2.83. The molecule has 0 saturated carbocycles. The van der Waals surface area contributed by atoms with Crippen LogP contribution in [0.1, 0.15) is 303 Å². The van der Waals surface area contributed by atoms with Crippen molar-refractivity contribution in [3.8, 4) is 0 Å². The van der Waals surface area contributed by atoms with Crippen molar-refractivity contribution in [1.82, 2.24) is 5.32 Å². The summed E-state index contributed by atoms with van der Waals surface area (Å²) in [5.74, 6) is -0.207. The summed E-state index contributed by atoms with van der Waals surface area (Å²) in [7, 11) is 0. The number of allylic oxidation sites excluding steroid dienone is 14. The number of hydrogen-bond acceptors (Lipinski definition) is 13. The van der Waals surface area contributed by atoms with Crippen molar-refractivity contribution in [2.75, 3.05) is 19.8 Å². The molecule has 528 valence electrons. The van der Waals surface area contributed by atoms with Gasteiger partial charge in [0.25, 0.3) is 0 Å². The van der Waals surface area contributed by atoms with Crippen LogP contribution in [-0.4, -0.2) is 140 Å². The molecule has 14 nitrogen and oxygen atoms in total. The number of amides is 1. The molecule has 1 amide bonds. The van der Waals surface area contributed by atoms with Crippen LogP contribution in [0.4, 0.5) is 0 Å². The molecule has 14 heteroatoms.